The van der Waals surface area contributed by atoms with Crippen LogP contribution in [-0.4, -0.2) is 68.2 Å². The minimum Gasteiger partial charge on any atom is -0.467 e. The number of alkyl carbamates (subject to hydrolysis) is 1. The lowest BCUT2D eigenvalue weighted by atomic mass is 10.0. The highest BCUT2D eigenvalue weighted by Crippen LogP contribution is 2.22. The molecule has 12 heteroatoms. The molecule has 0 fully saturated rings. The summed E-state index contributed by atoms with van der Waals surface area (Å²) in [6.07, 6.45) is -2.49. The van der Waals surface area contributed by atoms with Gasteiger partial charge in [0.1, 0.15) is 23.5 Å². The maximum Gasteiger partial charge on any atom is 0.408 e. The predicted octanol–water partition coefficient (Wildman–Crippen LogP) is 1.52. The molecule has 0 aromatic heterocycles. The average Bonchev–Trinajstić information content (AvgIpc) is 2.69. The zero-order valence-electron chi connectivity index (χ0n) is 18.4. The molecule has 0 unspecified atom stereocenters. The quantitative estimate of drug-likeness (QED) is 0.446. The van der Waals surface area contributed by atoms with Crippen molar-refractivity contribution in [3.8, 4) is 5.75 Å². The van der Waals surface area contributed by atoms with Crippen LogP contribution in [0.4, 0.5) is 13.6 Å². The van der Waals surface area contributed by atoms with E-state index in [0.29, 0.717) is 0 Å². The highest BCUT2D eigenvalue weighted by Gasteiger charge is 2.34. The van der Waals surface area contributed by atoms with Crippen LogP contribution in [0, 0.1) is 0 Å². The molecule has 0 spiro atoms. The van der Waals surface area contributed by atoms with Crippen LogP contribution in [0.2, 0.25) is 0 Å². The van der Waals surface area contributed by atoms with Crippen molar-refractivity contribution < 1.29 is 47.2 Å². The van der Waals surface area contributed by atoms with Gasteiger partial charge in [0.2, 0.25) is 5.91 Å². The molecular weight excluding hydrogens is 434 g/mol. The minimum absolute atomic E-state index is 0.116. The second kappa shape index (κ2) is 12.2. The first-order valence-corrected chi connectivity index (χ1v) is 9.47. The summed E-state index contributed by atoms with van der Waals surface area (Å²) in [5, 5.41) is 15.2. The van der Waals surface area contributed by atoms with Gasteiger partial charge in [-0.1, -0.05) is 12.1 Å². The summed E-state index contributed by atoms with van der Waals surface area (Å²) < 4.78 is 43.5. The van der Waals surface area contributed by atoms with Gasteiger partial charge in [-0.2, -0.15) is 8.78 Å². The summed E-state index contributed by atoms with van der Waals surface area (Å²) >= 11 is 0. The second-order valence-electron chi connectivity index (χ2n) is 7.56. The lowest BCUT2D eigenvalue weighted by molar-refractivity contribution is -0.149. The molecule has 0 saturated heterocycles. The molecule has 0 aliphatic carbocycles. The maximum absolute atomic E-state index is 12.7. The number of aliphatic hydroxyl groups is 1. The highest BCUT2D eigenvalue weighted by molar-refractivity contribution is 5.90. The fourth-order valence-electron chi connectivity index (χ4n) is 2.49. The molecule has 0 heterocycles. The number of hydrogen-bond acceptors (Lipinski definition) is 8. The van der Waals surface area contributed by atoms with Crippen LogP contribution >= 0.6 is 0 Å². The molecule has 10 nitrogen and oxygen atoms in total. The number of rotatable bonds is 10. The Morgan fingerprint density at radius 3 is 2.12 bits per heavy atom. The van der Waals surface area contributed by atoms with E-state index in [-0.39, 0.29) is 17.9 Å². The lowest BCUT2D eigenvalue weighted by Gasteiger charge is -2.26. The molecule has 1 rings (SSSR count). The van der Waals surface area contributed by atoms with Crippen molar-refractivity contribution in [2.75, 3.05) is 20.8 Å². The van der Waals surface area contributed by atoms with Gasteiger partial charge in [-0.15, -0.1) is 0 Å². The van der Waals surface area contributed by atoms with E-state index < -0.39 is 48.4 Å². The molecule has 0 bridgehead atoms. The Morgan fingerprint density at radius 2 is 1.66 bits per heavy atom. The smallest absolute Gasteiger partial charge is 0.408 e. The van der Waals surface area contributed by atoms with Gasteiger partial charge in [-0.05, 0) is 38.5 Å². The van der Waals surface area contributed by atoms with Crippen molar-refractivity contribution in [3.05, 3.63) is 29.8 Å². The Balaban J connectivity index is 2.99. The minimum atomic E-state index is -3.02. The van der Waals surface area contributed by atoms with Gasteiger partial charge in [0.05, 0.1) is 13.7 Å². The molecule has 2 amide bonds. The first kappa shape index (κ1) is 27.0. The number of benzene rings is 1. The lowest BCUT2D eigenvalue weighted by Crippen LogP contribution is -2.55. The summed E-state index contributed by atoms with van der Waals surface area (Å²) in [4.78, 5) is 36.9. The van der Waals surface area contributed by atoms with Gasteiger partial charge in [0.15, 0.2) is 6.04 Å². The van der Waals surface area contributed by atoms with Crippen LogP contribution in [0.15, 0.2) is 24.3 Å². The van der Waals surface area contributed by atoms with Crippen LogP contribution in [0.1, 0.15) is 32.4 Å². The van der Waals surface area contributed by atoms with Crippen LogP contribution in [0.5, 0.6) is 5.75 Å². The summed E-state index contributed by atoms with van der Waals surface area (Å²) in [7, 11) is 2.35. The SMILES string of the molecule is COC[C@H](NC(=O)OC(C)(C)C)C(=O)N[C@H](C(=O)OC)[C@H](O)c1ccc(OC(F)F)cc1. The average molecular weight is 462 g/mol. The van der Waals surface area contributed by atoms with Crippen molar-refractivity contribution in [1.29, 1.82) is 0 Å². The van der Waals surface area contributed by atoms with E-state index in [2.05, 4.69) is 20.1 Å². The topological polar surface area (TPSA) is 132 Å². The Kier molecular flexibility index (Phi) is 10.3. The Hall–Kier alpha value is -2.99. The van der Waals surface area contributed by atoms with Crippen LogP contribution in [0.25, 0.3) is 0 Å². The van der Waals surface area contributed by atoms with Crippen molar-refractivity contribution >= 4 is 18.0 Å². The Bertz CT molecular complexity index is 768. The summed E-state index contributed by atoms with van der Waals surface area (Å²) in [5.74, 6) is -1.99. The molecule has 0 saturated carbocycles. The normalized spacial score (nSPS) is 14.2. The number of nitrogens with one attached hydrogen (secondary N) is 2. The van der Waals surface area contributed by atoms with E-state index in [9.17, 15) is 28.3 Å². The fraction of sp³-hybridized carbons (Fsp3) is 0.550. The number of ether oxygens (including phenoxy) is 4. The van der Waals surface area contributed by atoms with E-state index in [1.165, 1.54) is 31.4 Å². The molecule has 32 heavy (non-hydrogen) atoms. The Morgan fingerprint density at radius 1 is 1.06 bits per heavy atom. The van der Waals surface area contributed by atoms with Crippen molar-refractivity contribution in [1.82, 2.24) is 10.6 Å². The van der Waals surface area contributed by atoms with E-state index in [1.54, 1.807) is 20.8 Å². The first-order chi connectivity index (χ1) is 14.9. The van der Waals surface area contributed by atoms with E-state index in [0.717, 1.165) is 7.11 Å². The van der Waals surface area contributed by atoms with Gasteiger partial charge >= 0.3 is 18.7 Å². The molecular formula is C20H28F2N2O8. The molecule has 180 valence electrons. The van der Waals surface area contributed by atoms with Gasteiger partial charge in [0.25, 0.3) is 0 Å². The number of carbonyl (C=O) groups is 3. The zero-order chi connectivity index (χ0) is 24.5. The monoisotopic (exact) mass is 462 g/mol. The maximum atomic E-state index is 12.7. The number of carbonyl (C=O) groups excluding carboxylic acids is 3. The molecule has 0 aliphatic rings. The Labute approximate surface area is 184 Å². The number of hydrogen-bond donors (Lipinski definition) is 3. The number of amides is 2. The summed E-state index contributed by atoms with van der Waals surface area (Å²) in [5.41, 5.74) is -0.700. The van der Waals surface area contributed by atoms with Gasteiger partial charge in [0, 0.05) is 7.11 Å². The number of aliphatic hydroxyl groups excluding tert-OH is 1. The molecule has 1 aromatic rings. The van der Waals surface area contributed by atoms with Crippen LogP contribution < -0.4 is 15.4 Å². The predicted molar refractivity (Wildman–Crippen MR) is 107 cm³/mol. The third kappa shape index (κ3) is 9.02. The third-order valence-electron chi connectivity index (χ3n) is 3.86. The van der Waals surface area contributed by atoms with Crippen molar-refractivity contribution in [2.45, 2.75) is 51.2 Å². The molecule has 3 N–H and O–H groups in total. The highest BCUT2D eigenvalue weighted by atomic mass is 19.3. The first-order valence-electron chi connectivity index (χ1n) is 9.47. The van der Waals surface area contributed by atoms with E-state index >= 15 is 0 Å². The number of methoxy groups -OCH3 is 2. The van der Waals surface area contributed by atoms with Crippen molar-refractivity contribution in [2.24, 2.45) is 0 Å². The third-order valence-corrected chi connectivity index (χ3v) is 3.86. The number of alkyl halides is 2. The second-order valence-corrected chi connectivity index (χ2v) is 7.56. The fourth-order valence-corrected chi connectivity index (χ4v) is 2.49. The summed E-state index contributed by atoms with van der Waals surface area (Å²) in [6, 6.07) is 1.99. The number of halogens is 2. The molecule has 0 aliphatic heterocycles. The van der Waals surface area contributed by atoms with E-state index in [4.69, 9.17) is 9.47 Å². The van der Waals surface area contributed by atoms with Crippen molar-refractivity contribution in [3.63, 3.8) is 0 Å². The standard InChI is InChI=1S/C20H28F2N2O8/c1-20(2,3)32-19(28)23-13(10-29-4)16(26)24-14(17(27)30-5)15(25)11-6-8-12(9-7-11)31-18(21)22/h6-9,13-15,18,25H,10H2,1-5H3,(H,23,28)(H,24,26)/t13-,14-,15+/m0/s1. The molecule has 0 radical (unpaired) electrons. The molecule has 1 aromatic carbocycles. The van der Waals surface area contributed by atoms with Gasteiger partial charge in [-0.25, -0.2) is 9.59 Å². The molecule has 3 atom stereocenters. The van der Waals surface area contributed by atoms with Crippen LogP contribution in [0.3, 0.4) is 0 Å². The van der Waals surface area contributed by atoms with E-state index in [1.807, 2.05) is 0 Å². The summed E-state index contributed by atoms with van der Waals surface area (Å²) in [6.45, 7) is 1.63. The largest absolute Gasteiger partial charge is 0.467 e. The number of esters is 1. The zero-order valence-corrected chi connectivity index (χ0v) is 18.4. The van der Waals surface area contributed by atoms with Gasteiger partial charge in [-0.3, -0.25) is 4.79 Å². The van der Waals surface area contributed by atoms with Crippen LogP contribution in [-0.2, 0) is 23.8 Å². The van der Waals surface area contributed by atoms with Gasteiger partial charge < -0.3 is 34.7 Å².